The number of H-pyrrole nitrogens is 1. The first kappa shape index (κ1) is 101. The van der Waals surface area contributed by atoms with Crippen molar-refractivity contribution >= 4 is 117 Å². The third kappa shape index (κ3) is 31.3. The van der Waals surface area contributed by atoms with Crippen LogP contribution in [0.15, 0.2) is 140 Å². The summed E-state index contributed by atoms with van der Waals surface area (Å²) in [6, 6.07) is 19.0. The SMILES string of the molecule is CCCCC[C@H]1C(=O)N(C)CC(=O)N[C@@H](CC(=O)O)C(=O)N[C@@H](C(C)C)C(=O)N(C)[C@@H](Cc2ccccc2)C(=O)N[C@@H](Cc2ccc(O)cc2)C(=O)N(C)CC(=O)N[C@@H](Cc2c[nH]c3ccccc23)C(=O)N[C@@H](Cc2ccc(O)cc2)C(=O)N[C@@H](CC(C)C)C(=O)N[C@H](C(=O)NCC(N)=O)CSCC(=O)N[C@@H](CCCC)C(=O)N(C)[C@@H](Cc2ccccc2)C(=O)N1C. The summed E-state index contributed by atoms with van der Waals surface area (Å²) in [5.41, 5.74) is 8.56. The molecule has 11 atom stereocenters. The predicted octanol–water partition coefficient (Wildman–Crippen LogP) is 2.66. The minimum absolute atomic E-state index is 0.0575. The maximum absolute atomic E-state index is 15.4. The number of hydrogen-bond donors (Lipinski definition) is 14. The van der Waals surface area contributed by atoms with E-state index < -0.39 is 199 Å². The molecule has 5 aromatic carbocycles. The molecule has 15 amide bonds. The van der Waals surface area contributed by atoms with E-state index in [1.165, 1.54) is 93.6 Å². The van der Waals surface area contributed by atoms with Crippen LogP contribution >= 0.6 is 11.8 Å². The molecule has 0 bridgehead atoms. The van der Waals surface area contributed by atoms with Crippen LogP contribution < -0.4 is 53.6 Å². The van der Waals surface area contributed by atoms with Crippen molar-refractivity contribution in [1.82, 2.24) is 77.3 Å². The van der Waals surface area contributed by atoms with Crippen LogP contribution in [0.2, 0.25) is 0 Å². The summed E-state index contributed by atoms with van der Waals surface area (Å²) in [6.07, 6.45) is 2.16. The van der Waals surface area contributed by atoms with E-state index in [4.69, 9.17) is 5.73 Å². The van der Waals surface area contributed by atoms with E-state index in [1.807, 2.05) is 13.8 Å². The van der Waals surface area contributed by atoms with Crippen molar-refractivity contribution in [3.05, 3.63) is 167 Å². The zero-order valence-electron chi connectivity index (χ0n) is 73.8. The van der Waals surface area contributed by atoms with Crippen molar-refractivity contribution < 1.29 is 92.0 Å². The summed E-state index contributed by atoms with van der Waals surface area (Å²) in [5, 5.41) is 55.6. The summed E-state index contributed by atoms with van der Waals surface area (Å²) in [7, 11) is 6.59. The Hall–Kier alpha value is -12.9. The van der Waals surface area contributed by atoms with Crippen LogP contribution in [0.4, 0.5) is 0 Å². The Morgan fingerprint density at radius 1 is 0.465 bits per heavy atom. The number of aromatic nitrogens is 1. The monoisotopic (exact) mass is 1770 g/mol. The van der Waals surface area contributed by atoms with Crippen molar-refractivity contribution in [3.8, 4) is 11.5 Å². The van der Waals surface area contributed by atoms with Gasteiger partial charge in [0.2, 0.25) is 88.6 Å². The molecule has 686 valence electrons. The number of carboxylic acids is 1. The van der Waals surface area contributed by atoms with Crippen LogP contribution in [-0.2, 0) is 109 Å². The van der Waals surface area contributed by atoms with Crippen LogP contribution in [-0.4, -0.2) is 272 Å². The Morgan fingerprint density at radius 3 is 1.50 bits per heavy atom. The summed E-state index contributed by atoms with van der Waals surface area (Å²) < 4.78 is 0. The number of phenols is 2. The molecular formula is C91H122N16O19S. The van der Waals surface area contributed by atoms with E-state index >= 15 is 33.6 Å². The Morgan fingerprint density at radius 2 is 0.945 bits per heavy atom. The fourth-order valence-electron chi connectivity index (χ4n) is 14.8. The number of carbonyl (C=O) groups excluding carboxylic acids is 15. The Labute approximate surface area is 743 Å². The number of hydrogen-bond acceptors (Lipinski definition) is 19. The first-order chi connectivity index (χ1) is 60.4. The van der Waals surface area contributed by atoms with Crippen molar-refractivity contribution in [1.29, 1.82) is 0 Å². The molecule has 1 aliphatic heterocycles. The van der Waals surface area contributed by atoms with Crippen LogP contribution in [0.5, 0.6) is 11.5 Å². The number of carboxylic acid groups (broad SMARTS) is 1. The Kier molecular flexibility index (Phi) is 39.6. The van der Waals surface area contributed by atoms with Crippen molar-refractivity contribution in [2.45, 2.75) is 198 Å². The van der Waals surface area contributed by atoms with Crippen molar-refractivity contribution in [3.63, 3.8) is 0 Å². The van der Waals surface area contributed by atoms with Gasteiger partial charge in [-0.05, 0) is 89.2 Å². The van der Waals surface area contributed by atoms with Crippen molar-refractivity contribution in [2.24, 2.45) is 17.6 Å². The number of fused-ring (bicyclic) bond motifs is 1. The Bertz CT molecular complexity index is 4790. The third-order valence-electron chi connectivity index (χ3n) is 21.9. The average Bonchev–Trinajstić information content (AvgIpc) is 1.78. The number of para-hydroxylation sites is 1. The second-order valence-corrected chi connectivity index (χ2v) is 33.9. The van der Waals surface area contributed by atoms with Gasteiger partial charge in [-0.3, -0.25) is 76.7 Å². The molecule has 15 N–H and O–H groups in total. The number of carbonyl (C=O) groups is 16. The molecule has 7 rings (SSSR count). The van der Waals surface area contributed by atoms with Gasteiger partial charge in [0.1, 0.15) is 78.0 Å². The zero-order valence-corrected chi connectivity index (χ0v) is 74.6. The smallest absolute Gasteiger partial charge is 0.305 e. The molecule has 0 saturated carbocycles. The minimum atomic E-state index is -1.90. The van der Waals surface area contributed by atoms with E-state index in [9.17, 15) is 58.5 Å². The average molecular weight is 1780 g/mol. The number of amides is 15. The molecule has 0 radical (unpaired) electrons. The maximum Gasteiger partial charge on any atom is 0.305 e. The first-order valence-corrected chi connectivity index (χ1v) is 43.8. The van der Waals surface area contributed by atoms with Gasteiger partial charge >= 0.3 is 5.97 Å². The van der Waals surface area contributed by atoms with E-state index in [1.54, 1.807) is 119 Å². The quantitative estimate of drug-likeness (QED) is 0.0366. The number of rotatable bonds is 25. The lowest BCUT2D eigenvalue weighted by molar-refractivity contribution is -0.151. The number of nitrogens with one attached hydrogen (secondary N) is 10. The van der Waals surface area contributed by atoms with Gasteiger partial charge in [-0.1, -0.05) is 177 Å². The molecule has 1 aliphatic rings. The molecule has 1 fully saturated rings. The molecule has 36 heteroatoms. The molecule has 6 aromatic rings. The second kappa shape index (κ2) is 49.7. The second-order valence-electron chi connectivity index (χ2n) is 32.9. The van der Waals surface area contributed by atoms with E-state index in [2.05, 4.69) is 52.8 Å². The van der Waals surface area contributed by atoms with Crippen LogP contribution in [0, 0.1) is 11.8 Å². The predicted molar refractivity (Wildman–Crippen MR) is 476 cm³/mol. The first-order valence-electron chi connectivity index (χ1n) is 42.6. The number of primary amides is 1. The number of phenolic OH excluding ortho intramolecular Hbond substituents is 2. The zero-order chi connectivity index (χ0) is 93.3. The highest BCUT2D eigenvalue weighted by atomic mass is 32.2. The number of thioether (sulfide) groups is 1. The fraction of sp³-hybridized carbons (Fsp3) is 0.473. The number of aliphatic carboxylic acids is 1. The topological polar surface area (TPSA) is 500 Å². The lowest BCUT2D eigenvalue weighted by atomic mass is 9.98. The highest BCUT2D eigenvalue weighted by molar-refractivity contribution is 8.00. The standard InChI is InChI=1S/C91H122N16O19S/c1-12-14-18-32-72-89(124)104(8)51-77(112)97-69(47-79(114)115)85(120)102-80(55(5)6)91(126)106(10)73(44-56-25-19-16-20-26-56)86(121)100-70(43-59-35-39-62(109)40-36-59)87(122)103(7)50-76(111)96-68(46-60-48-93-64-31-24-23-29-63(60)64)84(119)99-67(42-58-33-37-61(108)38-34-58)83(118)98-66(41-54(3)4)82(117)101-71(81(116)94-49-75(92)110)52-127-53-78(113)95-65(30-15-13-2)88(123)107(11)74(90(125)105(72)9)45-57-27-21-17-22-28-57/h16-17,19-29,31,33-40,48,54-55,65-74,80,93,108-109H,12-15,18,30,32,41-47,49-53H2,1-11H3,(H2,92,110)(H,94,116)(H,95,113)(H,96,111)(H,97,112)(H,98,118)(H,99,119)(H,100,121)(H,101,117)(H,102,120)(H,114,115)/t65-,66-,67-,68-,69-,70-,71-,72-,73-,74-,80-/m0/s1. The lowest BCUT2D eigenvalue weighted by Gasteiger charge is -2.37. The lowest BCUT2D eigenvalue weighted by Crippen LogP contribution is -2.61. The van der Waals surface area contributed by atoms with Crippen LogP contribution in [0.1, 0.15) is 127 Å². The molecule has 1 saturated heterocycles. The van der Waals surface area contributed by atoms with Gasteiger partial charge in [0.25, 0.3) is 0 Å². The number of aromatic hydroxyl groups is 2. The van der Waals surface area contributed by atoms with E-state index in [0.717, 1.165) is 26.5 Å². The number of likely N-dealkylation sites (N-methyl/N-ethyl adjacent to an activating group) is 5. The van der Waals surface area contributed by atoms with E-state index in [-0.39, 0.29) is 74.5 Å². The molecule has 0 unspecified atom stereocenters. The summed E-state index contributed by atoms with van der Waals surface area (Å²) in [6.45, 7) is 8.16. The van der Waals surface area contributed by atoms with Crippen LogP contribution in [0.25, 0.3) is 10.9 Å². The molecule has 1 aromatic heterocycles. The molecular weight excluding hydrogens is 1650 g/mol. The Balaban J connectivity index is 1.33. The normalized spacial score (nSPS) is 22.1. The largest absolute Gasteiger partial charge is 0.508 e. The van der Waals surface area contributed by atoms with E-state index in [0.29, 0.717) is 70.8 Å². The number of nitrogens with zero attached hydrogens (tertiary/aromatic N) is 5. The van der Waals surface area contributed by atoms with Gasteiger partial charge < -0.3 is 98.4 Å². The van der Waals surface area contributed by atoms with Gasteiger partial charge in [0.15, 0.2) is 0 Å². The maximum atomic E-state index is 15.4. The fourth-order valence-corrected chi connectivity index (χ4v) is 15.6. The molecule has 127 heavy (non-hydrogen) atoms. The van der Waals surface area contributed by atoms with Gasteiger partial charge in [0, 0.05) is 90.2 Å². The molecule has 2 heterocycles. The summed E-state index contributed by atoms with van der Waals surface area (Å²) in [5.74, 6) is -17.1. The minimum Gasteiger partial charge on any atom is -0.508 e. The van der Waals surface area contributed by atoms with Crippen LogP contribution in [0.3, 0.4) is 0 Å². The highest BCUT2D eigenvalue weighted by Gasteiger charge is 2.42. The number of nitrogens with two attached hydrogens (primary N) is 1. The molecule has 35 nitrogen and oxygen atoms in total. The summed E-state index contributed by atoms with van der Waals surface area (Å²) in [4.78, 5) is 243. The summed E-state index contributed by atoms with van der Waals surface area (Å²) >= 11 is 0.848. The molecule has 0 spiro atoms. The number of unbranched alkanes of at least 4 members (excludes halogenated alkanes) is 3. The number of aromatic amines is 1. The number of benzene rings is 5. The van der Waals surface area contributed by atoms with Gasteiger partial charge in [-0.25, -0.2) is 0 Å². The molecule has 0 aliphatic carbocycles. The van der Waals surface area contributed by atoms with Gasteiger partial charge in [-0.15, -0.1) is 11.8 Å². The highest BCUT2D eigenvalue weighted by Crippen LogP contribution is 2.25. The van der Waals surface area contributed by atoms with Gasteiger partial charge in [-0.2, -0.15) is 0 Å². The van der Waals surface area contributed by atoms with Gasteiger partial charge in [0.05, 0.1) is 31.8 Å². The van der Waals surface area contributed by atoms with Crippen molar-refractivity contribution in [2.75, 3.05) is 66.4 Å². The third-order valence-corrected chi connectivity index (χ3v) is 22.9.